The number of nitrogens with zero attached hydrogens (tertiary/aromatic N) is 3. The molecule has 0 amide bonds. The predicted octanol–water partition coefficient (Wildman–Crippen LogP) is 5.63. The van der Waals surface area contributed by atoms with Crippen LogP contribution in [0.2, 0.25) is 0 Å². The zero-order chi connectivity index (χ0) is 24.8. The summed E-state index contributed by atoms with van der Waals surface area (Å²) in [4.78, 5) is 18.1. The molecule has 0 aliphatic carbocycles. The van der Waals surface area contributed by atoms with Gasteiger partial charge in [-0.3, -0.25) is 9.36 Å². The Kier molecular flexibility index (Phi) is 12.5. The molecule has 0 saturated carbocycles. The average Bonchev–Trinajstić information content (AvgIpc) is 2.86. The van der Waals surface area contributed by atoms with Crippen LogP contribution in [0.3, 0.4) is 0 Å². The van der Waals surface area contributed by atoms with Gasteiger partial charge in [-0.1, -0.05) is 88.4 Å². The number of terminal acetylenes is 1. The van der Waals surface area contributed by atoms with Gasteiger partial charge in [-0.15, -0.1) is 12.3 Å². The van der Waals surface area contributed by atoms with Gasteiger partial charge in [-0.25, -0.2) is 4.98 Å². The van der Waals surface area contributed by atoms with E-state index in [9.17, 15) is 10.0 Å². The van der Waals surface area contributed by atoms with Crippen LogP contribution in [0.15, 0.2) is 65.5 Å². The highest BCUT2D eigenvalue weighted by atomic mass is 16.5. The van der Waals surface area contributed by atoms with E-state index in [2.05, 4.69) is 12.3 Å². The van der Waals surface area contributed by atoms with Crippen LogP contribution in [0, 0.1) is 19.3 Å². The third-order valence-corrected chi connectivity index (χ3v) is 4.91. The largest absolute Gasteiger partial charge is 0.314 e. The summed E-state index contributed by atoms with van der Waals surface area (Å²) in [7, 11) is 0. The van der Waals surface area contributed by atoms with E-state index in [0.29, 0.717) is 24.4 Å². The van der Waals surface area contributed by atoms with Gasteiger partial charge in [0.2, 0.25) is 0 Å². The number of hydrogen-bond acceptors (Lipinski definition) is 4. The van der Waals surface area contributed by atoms with E-state index < -0.39 is 0 Å². The van der Waals surface area contributed by atoms with Crippen LogP contribution in [0.25, 0.3) is 0 Å². The van der Waals surface area contributed by atoms with Gasteiger partial charge in [0.15, 0.2) is 0 Å². The smallest absolute Gasteiger partial charge is 0.259 e. The molecule has 5 heteroatoms. The molecule has 0 saturated heterocycles. The molecule has 1 N–H and O–H groups in total. The molecule has 176 valence electrons. The van der Waals surface area contributed by atoms with Crippen LogP contribution >= 0.6 is 0 Å². The van der Waals surface area contributed by atoms with E-state index >= 15 is 0 Å². The molecule has 0 unspecified atom stereocenters. The quantitative estimate of drug-likeness (QED) is 0.529. The van der Waals surface area contributed by atoms with Crippen LogP contribution in [0.1, 0.15) is 68.9 Å². The number of hydroxylamine groups is 2. The minimum atomic E-state index is -0.253. The molecule has 2 aromatic carbocycles. The highest BCUT2D eigenvalue weighted by Gasteiger charge is 2.26. The lowest BCUT2D eigenvalue weighted by Crippen LogP contribution is -2.39. The van der Waals surface area contributed by atoms with Crippen molar-refractivity contribution in [1.29, 1.82) is 0 Å². The van der Waals surface area contributed by atoms with Gasteiger partial charge in [0.1, 0.15) is 5.82 Å². The Morgan fingerprint density at radius 2 is 1.42 bits per heavy atom. The van der Waals surface area contributed by atoms with Gasteiger partial charge in [-0.05, 0) is 25.0 Å². The zero-order valence-corrected chi connectivity index (χ0v) is 20.7. The monoisotopic (exact) mass is 447 g/mol. The fourth-order valence-electron chi connectivity index (χ4n) is 3.66. The molecule has 0 bridgehead atoms. The van der Waals surface area contributed by atoms with Crippen LogP contribution < -0.4 is 5.56 Å². The third-order valence-electron chi connectivity index (χ3n) is 4.91. The number of aromatic nitrogens is 2. The van der Waals surface area contributed by atoms with Gasteiger partial charge >= 0.3 is 0 Å². The predicted molar refractivity (Wildman–Crippen MR) is 136 cm³/mol. The van der Waals surface area contributed by atoms with E-state index in [4.69, 9.17) is 4.98 Å². The highest BCUT2D eigenvalue weighted by molar-refractivity contribution is 5.34. The van der Waals surface area contributed by atoms with E-state index in [-0.39, 0.29) is 18.1 Å². The Morgan fingerprint density at radius 1 is 0.970 bits per heavy atom. The molecule has 0 radical (unpaired) electrons. The summed E-state index contributed by atoms with van der Waals surface area (Å²) < 4.78 is 1.75. The van der Waals surface area contributed by atoms with Crippen LogP contribution in [-0.2, 0) is 13.0 Å². The van der Waals surface area contributed by atoms with E-state index in [0.717, 1.165) is 16.8 Å². The summed E-state index contributed by atoms with van der Waals surface area (Å²) in [6.45, 7) is 12.3. The molecule has 33 heavy (non-hydrogen) atoms. The number of rotatable bonds is 3. The maximum absolute atomic E-state index is 13.4. The second kappa shape index (κ2) is 14.8. The molecular weight excluding hydrogens is 410 g/mol. The molecule has 1 aliphatic heterocycles. The first-order chi connectivity index (χ1) is 16.1. The Hall–Kier alpha value is -3.20. The summed E-state index contributed by atoms with van der Waals surface area (Å²) in [5.74, 6) is 2.94. The molecule has 0 fully saturated rings. The maximum Gasteiger partial charge on any atom is 0.259 e. The number of benzene rings is 2. The minimum Gasteiger partial charge on any atom is -0.314 e. The topological polar surface area (TPSA) is 58.4 Å². The molecule has 2 heterocycles. The summed E-state index contributed by atoms with van der Waals surface area (Å²) in [5.41, 5.74) is 3.36. The highest BCUT2D eigenvalue weighted by Crippen LogP contribution is 2.27. The molecular formula is C28H37N3O2. The SMILES string of the molecule is C#CC.CC.CC.Cc1nc2c(c(=O)n1C(c1ccccc1)c1ccccc1)CN(O)CC2. The Bertz CT molecular complexity index is 1010. The van der Waals surface area contributed by atoms with E-state index in [1.807, 2.05) is 95.3 Å². The van der Waals surface area contributed by atoms with Crippen molar-refractivity contribution in [2.45, 2.75) is 60.5 Å². The van der Waals surface area contributed by atoms with Gasteiger partial charge < -0.3 is 5.21 Å². The standard InChI is InChI=1S/C21H21N3O2.C3H4.2C2H6/c1-15-22-19-12-13-23(26)14-18(19)21(25)24(15)20(16-8-4-2-5-9-16)17-10-6-3-7-11-17;1-3-2;2*1-2/h2-11,20,26H,12-14H2,1H3;1H,2H3;2*1-2H3. The Morgan fingerprint density at radius 3 is 1.88 bits per heavy atom. The van der Waals surface area contributed by atoms with Gasteiger partial charge in [0.05, 0.1) is 23.8 Å². The molecule has 4 rings (SSSR count). The van der Waals surface area contributed by atoms with Crippen molar-refractivity contribution in [3.63, 3.8) is 0 Å². The fourth-order valence-corrected chi connectivity index (χ4v) is 3.66. The minimum absolute atomic E-state index is 0.0797. The van der Waals surface area contributed by atoms with Crippen molar-refractivity contribution in [3.05, 3.63) is 99.2 Å². The van der Waals surface area contributed by atoms with E-state index in [1.165, 1.54) is 5.06 Å². The second-order valence-corrected chi connectivity index (χ2v) is 6.91. The maximum atomic E-state index is 13.4. The van der Waals surface area contributed by atoms with E-state index in [1.54, 1.807) is 11.5 Å². The first-order valence-corrected chi connectivity index (χ1v) is 11.6. The molecule has 0 atom stereocenters. The van der Waals surface area contributed by atoms with Crippen LogP contribution in [-0.4, -0.2) is 26.4 Å². The van der Waals surface area contributed by atoms with Crippen molar-refractivity contribution in [1.82, 2.24) is 14.6 Å². The van der Waals surface area contributed by atoms with Crippen LogP contribution in [0.5, 0.6) is 0 Å². The first kappa shape index (κ1) is 27.8. The van der Waals surface area contributed by atoms with Crippen molar-refractivity contribution < 1.29 is 5.21 Å². The first-order valence-electron chi connectivity index (χ1n) is 11.6. The number of hydrogen-bond donors (Lipinski definition) is 1. The lowest BCUT2D eigenvalue weighted by atomic mass is 9.97. The Labute approximate surface area is 198 Å². The second-order valence-electron chi connectivity index (χ2n) is 6.91. The Balaban J connectivity index is 0.000000705. The number of fused-ring (bicyclic) bond motifs is 1. The van der Waals surface area contributed by atoms with Crippen LogP contribution in [0.4, 0.5) is 0 Å². The van der Waals surface area contributed by atoms with Gasteiger partial charge in [0, 0.05) is 13.0 Å². The van der Waals surface area contributed by atoms with Crippen molar-refractivity contribution in [3.8, 4) is 12.3 Å². The summed E-state index contributed by atoms with van der Waals surface area (Å²) >= 11 is 0. The molecule has 5 nitrogen and oxygen atoms in total. The normalized spacial score (nSPS) is 12.0. The van der Waals surface area contributed by atoms with Gasteiger partial charge in [0.25, 0.3) is 5.56 Å². The van der Waals surface area contributed by atoms with Crippen molar-refractivity contribution in [2.75, 3.05) is 6.54 Å². The summed E-state index contributed by atoms with van der Waals surface area (Å²) in [5, 5.41) is 11.1. The lowest BCUT2D eigenvalue weighted by molar-refractivity contribution is -0.104. The third kappa shape index (κ3) is 7.15. The van der Waals surface area contributed by atoms with Crippen molar-refractivity contribution >= 4 is 0 Å². The van der Waals surface area contributed by atoms with Gasteiger partial charge in [-0.2, -0.15) is 5.06 Å². The summed E-state index contributed by atoms with van der Waals surface area (Å²) in [6.07, 6.45) is 5.18. The fraction of sp³-hybridized carbons (Fsp3) is 0.357. The molecule has 3 aromatic rings. The lowest BCUT2D eigenvalue weighted by Gasteiger charge is -2.27. The number of aryl methyl sites for hydroxylation is 1. The van der Waals surface area contributed by atoms with Crippen molar-refractivity contribution in [2.24, 2.45) is 0 Å². The summed E-state index contributed by atoms with van der Waals surface area (Å²) in [6, 6.07) is 19.7. The molecule has 1 aromatic heterocycles. The zero-order valence-electron chi connectivity index (χ0n) is 20.7. The molecule has 1 aliphatic rings. The average molecular weight is 448 g/mol. The molecule has 0 spiro atoms.